The van der Waals surface area contributed by atoms with E-state index in [2.05, 4.69) is 10.3 Å². The maximum atomic E-state index is 11.5. The molecule has 2 aliphatic heterocycles. The number of carbonyl (C=O) groups excluding carboxylic acids is 1. The van der Waals surface area contributed by atoms with Gasteiger partial charge in [-0.25, -0.2) is 4.79 Å². The minimum Gasteiger partial charge on any atom is -0.462 e. The summed E-state index contributed by atoms with van der Waals surface area (Å²) in [5.74, 6) is 0.187. The highest BCUT2D eigenvalue weighted by Gasteiger charge is 2.21. The first kappa shape index (κ1) is 12.9. The van der Waals surface area contributed by atoms with Crippen molar-refractivity contribution in [2.75, 3.05) is 19.7 Å². The fourth-order valence-corrected chi connectivity index (χ4v) is 1.79. The lowest BCUT2D eigenvalue weighted by atomic mass is 10.2. The highest BCUT2D eigenvalue weighted by molar-refractivity contribution is 5.93. The fourth-order valence-electron chi connectivity index (χ4n) is 1.79. The molecular weight excluding hydrogens is 244 g/mol. The number of nitriles is 1. The van der Waals surface area contributed by atoms with Gasteiger partial charge in [-0.1, -0.05) is 0 Å². The predicted molar refractivity (Wildman–Crippen MR) is 69.7 cm³/mol. The van der Waals surface area contributed by atoms with E-state index in [0.29, 0.717) is 0 Å². The van der Waals surface area contributed by atoms with Gasteiger partial charge in [0.15, 0.2) is 0 Å². The number of nitrogens with zero attached hydrogens (tertiary/aromatic N) is 3. The van der Waals surface area contributed by atoms with Crippen molar-refractivity contribution in [1.29, 1.82) is 5.26 Å². The Balaban J connectivity index is 2.18. The molecule has 19 heavy (non-hydrogen) atoms. The summed E-state index contributed by atoms with van der Waals surface area (Å²) in [6.45, 7) is 3.47. The topological polar surface area (TPSA) is 77.7 Å². The van der Waals surface area contributed by atoms with Gasteiger partial charge in [0.25, 0.3) is 0 Å². The maximum Gasteiger partial charge on any atom is 0.348 e. The standard InChI is InChI=1S/C13H14N4O2/c1-2-19-12(18)10(9-14)3-4-11-5-6-15-13-16-7-8-17(11)13/h3-6H,2,7-8H2,1H3,(H,15,16)/b10-3+,11-4-. The summed E-state index contributed by atoms with van der Waals surface area (Å²) in [6.07, 6.45) is 6.82. The van der Waals surface area contributed by atoms with Gasteiger partial charge in [-0.2, -0.15) is 5.26 Å². The van der Waals surface area contributed by atoms with Gasteiger partial charge in [-0.3, -0.25) is 4.99 Å². The Labute approximate surface area is 111 Å². The Morgan fingerprint density at radius 1 is 1.74 bits per heavy atom. The van der Waals surface area contributed by atoms with Crippen LogP contribution in [0.1, 0.15) is 6.92 Å². The summed E-state index contributed by atoms with van der Waals surface area (Å²) in [5, 5.41) is 12.0. The van der Waals surface area contributed by atoms with Crippen molar-refractivity contribution in [3.63, 3.8) is 0 Å². The maximum absolute atomic E-state index is 11.5. The average Bonchev–Trinajstić information content (AvgIpc) is 2.88. The summed E-state index contributed by atoms with van der Waals surface area (Å²) >= 11 is 0. The molecule has 0 aromatic heterocycles. The molecule has 2 aliphatic rings. The lowest BCUT2D eigenvalue weighted by molar-refractivity contribution is -0.138. The zero-order valence-corrected chi connectivity index (χ0v) is 10.6. The van der Waals surface area contributed by atoms with E-state index in [-0.39, 0.29) is 12.2 Å². The van der Waals surface area contributed by atoms with E-state index in [1.165, 1.54) is 6.08 Å². The van der Waals surface area contributed by atoms with E-state index < -0.39 is 5.97 Å². The normalized spacial score (nSPS) is 19.6. The molecule has 0 radical (unpaired) electrons. The molecular formula is C13H14N4O2. The van der Waals surface area contributed by atoms with Crippen LogP contribution in [-0.4, -0.2) is 36.5 Å². The quantitative estimate of drug-likeness (QED) is 0.457. The van der Waals surface area contributed by atoms with Gasteiger partial charge < -0.3 is 15.0 Å². The molecule has 0 atom stereocenters. The Bertz CT molecular complexity index is 537. The molecule has 98 valence electrons. The first-order valence-electron chi connectivity index (χ1n) is 6.00. The largest absolute Gasteiger partial charge is 0.462 e. The van der Waals surface area contributed by atoms with Gasteiger partial charge in [0.2, 0.25) is 5.96 Å². The van der Waals surface area contributed by atoms with Crippen LogP contribution in [0, 0.1) is 11.3 Å². The molecule has 2 heterocycles. The number of guanidine groups is 1. The van der Waals surface area contributed by atoms with Gasteiger partial charge in [0.1, 0.15) is 11.6 Å². The number of nitrogens with one attached hydrogen (secondary N) is 1. The molecule has 0 aromatic rings. The molecule has 2 rings (SSSR count). The van der Waals surface area contributed by atoms with Crippen LogP contribution in [-0.2, 0) is 9.53 Å². The SMILES string of the molecule is CCOC(=O)/C(C#N)=C/C=C1/C=CNC2=NCCN21. The molecule has 0 saturated carbocycles. The molecule has 6 nitrogen and oxygen atoms in total. The number of esters is 1. The van der Waals surface area contributed by atoms with Crippen molar-refractivity contribution in [1.82, 2.24) is 10.2 Å². The van der Waals surface area contributed by atoms with Crippen molar-refractivity contribution < 1.29 is 9.53 Å². The van der Waals surface area contributed by atoms with Crippen LogP contribution in [0.4, 0.5) is 0 Å². The zero-order valence-electron chi connectivity index (χ0n) is 10.6. The minimum absolute atomic E-state index is 0.0148. The molecule has 0 aliphatic carbocycles. The number of fused-ring (bicyclic) bond motifs is 1. The monoisotopic (exact) mass is 258 g/mol. The van der Waals surface area contributed by atoms with Crippen molar-refractivity contribution in [2.24, 2.45) is 4.99 Å². The fraction of sp³-hybridized carbons (Fsp3) is 0.308. The molecule has 0 fully saturated rings. The van der Waals surface area contributed by atoms with Crippen molar-refractivity contribution in [3.05, 3.63) is 35.7 Å². The summed E-state index contributed by atoms with van der Waals surface area (Å²) < 4.78 is 4.79. The van der Waals surface area contributed by atoms with Gasteiger partial charge in [0.05, 0.1) is 13.2 Å². The third kappa shape index (κ3) is 2.83. The summed E-state index contributed by atoms with van der Waals surface area (Å²) in [5.41, 5.74) is 0.867. The number of aliphatic imine (C=N–C) groups is 1. The predicted octanol–water partition coefficient (Wildman–Crippen LogP) is 0.672. The second-order valence-electron chi connectivity index (χ2n) is 3.84. The molecule has 0 amide bonds. The van der Waals surface area contributed by atoms with Gasteiger partial charge in [0, 0.05) is 18.4 Å². The van der Waals surface area contributed by atoms with E-state index in [0.717, 1.165) is 24.7 Å². The lowest BCUT2D eigenvalue weighted by Crippen LogP contribution is -2.37. The molecule has 0 unspecified atom stereocenters. The lowest BCUT2D eigenvalue weighted by Gasteiger charge is -2.24. The Morgan fingerprint density at radius 2 is 2.58 bits per heavy atom. The smallest absolute Gasteiger partial charge is 0.348 e. The van der Waals surface area contributed by atoms with E-state index in [9.17, 15) is 4.79 Å². The number of hydrogen-bond acceptors (Lipinski definition) is 6. The van der Waals surface area contributed by atoms with E-state index in [1.807, 2.05) is 17.0 Å². The first-order valence-corrected chi connectivity index (χ1v) is 6.00. The Morgan fingerprint density at radius 3 is 3.32 bits per heavy atom. The van der Waals surface area contributed by atoms with Crippen LogP contribution in [0.25, 0.3) is 0 Å². The van der Waals surface area contributed by atoms with Crippen LogP contribution >= 0.6 is 0 Å². The average molecular weight is 258 g/mol. The second kappa shape index (κ2) is 5.87. The third-order valence-electron chi connectivity index (χ3n) is 2.66. The molecule has 1 N–H and O–H groups in total. The number of rotatable bonds is 3. The molecule has 0 aromatic carbocycles. The number of hydrogen-bond donors (Lipinski definition) is 1. The molecule has 0 saturated heterocycles. The van der Waals surface area contributed by atoms with Crippen LogP contribution in [0.5, 0.6) is 0 Å². The van der Waals surface area contributed by atoms with Crippen LogP contribution in [0.15, 0.2) is 40.7 Å². The Hall–Kier alpha value is -2.55. The number of ether oxygens (including phenoxy) is 1. The van der Waals surface area contributed by atoms with Gasteiger partial charge >= 0.3 is 5.97 Å². The minimum atomic E-state index is -0.602. The first-order chi connectivity index (χ1) is 9.26. The highest BCUT2D eigenvalue weighted by Crippen LogP contribution is 2.15. The summed E-state index contributed by atoms with van der Waals surface area (Å²) in [6, 6.07) is 1.84. The second-order valence-corrected chi connectivity index (χ2v) is 3.84. The zero-order chi connectivity index (χ0) is 13.7. The molecule has 6 heteroatoms. The van der Waals surface area contributed by atoms with Crippen LogP contribution in [0.2, 0.25) is 0 Å². The van der Waals surface area contributed by atoms with Crippen molar-refractivity contribution in [2.45, 2.75) is 6.92 Å². The van der Waals surface area contributed by atoms with Crippen LogP contribution in [0.3, 0.4) is 0 Å². The van der Waals surface area contributed by atoms with Crippen molar-refractivity contribution in [3.8, 4) is 6.07 Å². The number of allylic oxidation sites excluding steroid dienone is 3. The summed E-state index contributed by atoms with van der Waals surface area (Å²) in [7, 11) is 0. The van der Waals surface area contributed by atoms with Gasteiger partial charge in [-0.15, -0.1) is 0 Å². The highest BCUT2D eigenvalue weighted by atomic mass is 16.5. The Kier molecular flexibility index (Phi) is 3.98. The summed E-state index contributed by atoms with van der Waals surface area (Å²) in [4.78, 5) is 17.7. The van der Waals surface area contributed by atoms with E-state index in [4.69, 9.17) is 10.00 Å². The van der Waals surface area contributed by atoms with E-state index >= 15 is 0 Å². The van der Waals surface area contributed by atoms with Crippen molar-refractivity contribution >= 4 is 11.9 Å². The van der Waals surface area contributed by atoms with Crippen LogP contribution < -0.4 is 5.32 Å². The third-order valence-corrected chi connectivity index (χ3v) is 2.66. The number of carbonyl (C=O) groups is 1. The molecule has 0 bridgehead atoms. The van der Waals surface area contributed by atoms with Gasteiger partial charge in [-0.05, 0) is 25.2 Å². The van der Waals surface area contributed by atoms with E-state index in [1.54, 1.807) is 19.2 Å². The molecule has 0 spiro atoms.